The van der Waals surface area contributed by atoms with Gasteiger partial charge in [-0.2, -0.15) is 13.5 Å². The Labute approximate surface area is 206 Å². The van der Waals surface area contributed by atoms with Crippen LogP contribution in [0.3, 0.4) is 0 Å². The number of anilines is 1. The first kappa shape index (κ1) is 25.9. The van der Waals surface area contributed by atoms with Gasteiger partial charge >= 0.3 is 29.6 Å². The van der Waals surface area contributed by atoms with Crippen molar-refractivity contribution in [3.63, 3.8) is 0 Å². The Morgan fingerprint density at radius 3 is 2.16 bits per heavy atom. The molecule has 0 spiro atoms. The maximum absolute atomic E-state index is 11.7. The number of carbonyl (C=O) groups is 1. The van der Waals surface area contributed by atoms with Crippen LogP contribution in [0.25, 0.3) is 10.8 Å². The Bertz CT molecular complexity index is 1440. The molecule has 0 fully saturated rings. The molecule has 32 heavy (non-hydrogen) atoms. The van der Waals surface area contributed by atoms with E-state index in [2.05, 4.69) is 15.5 Å². The Morgan fingerprint density at radius 1 is 1.00 bits per heavy atom. The number of sulfonamides is 1. The van der Waals surface area contributed by atoms with Gasteiger partial charge in [0.05, 0.1) is 21.7 Å². The first-order chi connectivity index (χ1) is 14.4. The van der Waals surface area contributed by atoms with Gasteiger partial charge in [0, 0.05) is 12.3 Å². The van der Waals surface area contributed by atoms with E-state index < -0.39 is 36.7 Å². The summed E-state index contributed by atoms with van der Waals surface area (Å²) in [5, 5.41) is 25.9. The van der Waals surface area contributed by atoms with Gasteiger partial charge in [0.15, 0.2) is 5.75 Å². The number of hydrogen-bond donors (Lipinski definition) is 4. The normalized spacial score (nSPS) is 12.0. The number of nitrogens with one attached hydrogen (secondary N) is 1. The molecule has 0 bridgehead atoms. The molecule has 0 aliphatic heterocycles. The number of nitrogens with zero attached hydrogens (tertiary/aromatic N) is 2. The third-order valence-corrected chi connectivity index (χ3v) is 5.96. The summed E-state index contributed by atoms with van der Waals surface area (Å²) in [7, 11) is -8.48. The smallest absolute Gasteiger partial charge is 1.00 e. The zero-order chi connectivity index (χ0) is 23.0. The quantitative estimate of drug-likeness (QED) is 0.220. The summed E-state index contributed by atoms with van der Waals surface area (Å²) in [5.74, 6) is -0.959. The van der Waals surface area contributed by atoms with Crippen molar-refractivity contribution in [2.45, 2.75) is 16.7 Å². The number of rotatable bonds is 5. The predicted molar refractivity (Wildman–Crippen MR) is 113 cm³/mol. The van der Waals surface area contributed by atoms with E-state index in [1.165, 1.54) is 49.4 Å². The van der Waals surface area contributed by atoms with Crippen LogP contribution in [0.1, 0.15) is 8.35 Å². The van der Waals surface area contributed by atoms with Crippen LogP contribution in [0, 0.1) is 0 Å². The molecule has 164 valence electrons. The maximum atomic E-state index is 11.7. The molecule has 11 nitrogen and oxygen atoms in total. The molecule has 3 rings (SSSR count). The molecule has 0 aromatic heterocycles. The van der Waals surface area contributed by atoms with Gasteiger partial charge in [-0.05, 0) is 42.5 Å². The summed E-state index contributed by atoms with van der Waals surface area (Å²) >= 11 is 0. The van der Waals surface area contributed by atoms with Crippen LogP contribution in [0.2, 0.25) is 0 Å². The monoisotopic (exact) mass is 488 g/mol. The number of benzene rings is 3. The van der Waals surface area contributed by atoms with Crippen LogP contribution in [0.15, 0.2) is 68.6 Å². The Balaban J connectivity index is 0.00000272. The van der Waals surface area contributed by atoms with Gasteiger partial charge in [0.2, 0.25) is 15.9 Å². The molecule has 0 heterocycles. The van der Waals surface area contributed by atoms with Gasteiger partial charge in [-0.1, -0.05) is 6.07 Å². The second-order valence-corrected chi connectivity index (χ2v) is 9.31. The summed E-state index contributed by atoms with van der Waals surface area (Å²) in [4.78, 5) is 10.9. The minimum absolute atomic E-state index is 0. The average molecular weight is 488 g/mol. The van der Waals surface area contributed by atoms with Crippen molar-refractivity contribution in [2.24, 2.45) is 15.4 Å². The van der Waals surface area contributed by atoms with Crippen LogP contribution >= 0.6 is 0 Å². The third-order valence-electron chi connectivity index (χ3n) is 4.12. The fraction of sp³-hybridized carbons (Fsp3) is 0.0556. The van der Waals surface area contributed by atoms with E-state index in [1.54, 1.807) is 0 Å². The summed E-state index contributed by atoms with van der Waals surface area (Å²) in [6.07, 6.45) is 0. The second-order valence-electron chi connectivity index (χ2n) is 6.36. The summed E-state index contributed by atoms with van der Waals surface area (Å²) in [6.45, 7) is 1.23. The first-order valence-electron chi connectivity index (χ1n) is 8.46. The van der Waals surface area contributed by atoms with E-state index in [1.807, 2.05) is 0 Å². The van der Waals surface area contributed by atoms with Crippen LogP contribution in [0.4, 0.5) is 17.1 Å². The first-order valence-corrected chi connectivity index (χ1v) is 11.4. The van der Waals surface area contributed by atoms with Gasteiger partial charge in [0.25, 0.3) is 10.1 Å². The number of hydrogen-bond acceptors (Lipinski definition) is 8. The molecule has 0 atom stereocenters. The van der Waals surface area contributed by atoms with E-state index in [-0.39, 0.29) is 63.7 Å². The van der Waals surface area contributed by atoms with Gasteiger partial charge in [-0.3, -0.25) is 9.35 Å². The number of aromatic hydroxyl groups is 1. The minimum Gasteiger partial charge on any atom is -1.00 e. The number of nitrogens with two attached hydrogens (primary N) is 1. The van der Waals surface area contributed by atoms with E-state index in [0.717, 1.165) is 6.07 Å². The third kappa shape index (κ3) is 5.69. The standard InChI is InChI=1S/C18H16N4O7S2.Na.H/c1-10(23)20-14-8-9-16(31(27,28)29)13-6-7-15(18(24)17(13)14)22-21-11-2-4-12(5-3-11)30(19,25)26;;/h2-9,24H,1H3,(H,20,23)(H2,19,25,26)(H,27,28,29);;/q;+1;-1. The molecule has 0 unspecified atom stereocenters. The van der Waals surface area contributed by atoms with Crippen molar-refractivity contribution in [3.05, 3.63) is 48.5 Å². The molecule has 0 radical (unpaired) electrons. The summed E-state index contributed by atoms with van der Waals surface area (Å²) < 4.78 is 55.4. The number of primary sulfonamides is 1. The second kappa shape index (κ2) is 9.62. The minimum atomic E-state index is -4.61. The topological polar surface area (TPSA) is 189 Å². The molecule has 1 amide bonds. The number of phenols is 1. The maximum Gasteiger partial charge on any atom is 1.00 e. The Morgan fingerprint density at radius 2 is 1.62 bits per heavy atom. The molecular formula is C18H17N4NaO7S2. The van der Waals surface area contributed by atoms with E-state index in [4.69, 9.17) is 5.14 Å². The summed E-state index contributed by atoms with van der Waals surface area (Å²) in [6, 6.07) is 10.0. The van der Waals surface area contributed by atoms with Crippen molar-refractivity contribution in [3.8, 4) is 5.75 Å². The van der Waals surface area contributed by atoms with E-state index in [9.17, 15) is 31.3 Å². The zero-order valence-corrected chi connectivity index (χ0v) is 20.5. The van der Waals surface area contributed by atoms with Crippen molar-refractivity contribution >= 4 is 53.9 Å². The van der Waals surface area contributed by atoms with Gasteiger partial charge in [-0.15, -0.1) is 5.11 Å². The SMILES string of the molecule is CC(=O)Nc1ccc(S(=O)(=O)O)c2ccc(N=Nc3ccc(S(N)(=O)=O)cc3)c(O)c12.[H-].[Na+]. The Kier molecular flexibility index (Phi) is 7.78. The van der Waals surface area contributed by atoms with Crippen LogP contribution in [-0.4, -0.2) is 32.4 Å². The van der Waals surface area contributed by atoms with Crippen molar-refractivity contribution < 1.29 is 62.3 Å². The van der Waals surface area contributed by atoms with Crippen LogP contribution < -0.4 is 40.0 Å². The molecule has 0 aliphatic rings. The average Bonchev–Trinajstić information content (AvgIpc) is 2.65. The van der Waals surface area contributed by atoms with Crippen LogP contribution in [0.5, 0.6) is 5.75 Å². The van der Waals surface area contributed by atoms with E-state index >= 15 is 0 Å². The van der Waals surface area contributed by atoms with Crippen molar-refractivity contribution in [1.82, 2.24) is 0 Å². The number of amides is 1. The largest absolute Gasteiger partial charge is 1.00 e. The van der Waals surface area contributed by atoms with Gasteiger partial charge < -0.3 is 11.8 Å². The zero-order valence-electron chi connectivity index (χ0n) is 17.8. The molecule has 14 heteroatoms. The number of carbonyl (C=O) groups excluding carboxylic acids is 1. The molecule has 0 aliphatic carbocycles. The molecule has 5 N–H and O–H groups in total. The molecular weight excluding hydrogens is 471 g/mol. The fourth-order valence-corrected chi connectivity index (χ4v) is 4.01. The number of azo groups is 1. The fourth-order valence-electron chi connectivity index (χ4n) is 2.80. The molecule has 3 aromatic carbocycles. The molecule has 0 saturated carbocycles. The predicted octanol–water partition coefficient (Wildman–Crippen LogP) is -0.0702. The Hall–Kier alpha value is -2.39. The van der Waals surface area contributed by atoms with E-state index in [0.29, 0.717) is 0 Å². The number of fused-ring (bicyclic) bond motifs is 1. The molecule has 3 aromatic rings. The molecule has 0 saturated heterocycles. The number of phenolic OH excluding ortho intramolecular Hbond substituents is 1. The van der Waals surface area contributed by atoms with Gasteiger partial charge in [0.1, 0.15) is 10.6 Å². The van der Waals surface area contributed by atoms with Crippen LogP contribution in [-0.2, 0) is 24.9 Å². The van der Waals surface area contributed by atoms with Crippen molar-refractivity contribution in [2.75, 3.05) is 5.32 Å². The van der Waals surface area contributed by atoms with Gasteiger partial charge in [-0.25, -0.2) is 13.6 Å². The summed E-state index contributed by atoms with van der Waals surface area (Å²) in [5.41, 5.74) is 0.282. The van der Waals surface area contributed by atoms with Crippen molar-refractivity contribution in [1.29, 1.82) is 0 Å².